The molecule has 1 aromatic rings. The minimum absolute atomic E-state index is 0.349. The van der Waals surface area contributed by atoms with E-state index >= 15 is 0 Å². The molecule has 19 heavy (non-hydrogen) atoms. The van der Waals surface area contributed by atoms with Crippen LogP contribution in [0.15, 0.2) is 18.3 Å². The molecule has 0 aromatic carbocycles. The summed E-state index contributed by atoms with van der Waals surface area (Å²) in [4.78, 5) is 16.6. The van der Waals surface area contributed by atoms with Crippen molar-refractivity contribution in [3.05, 3.63) is 34.6 Å². The third kappa shape index (κ3) is 2.21. The molecule has 1 aliphatic heterocycles. The van der Waals surface area contributed by atoms with E-state index in [1.54, 1.807) is 6.20 Å². The number of rotatable bonds is 1. The summed E-state index contributed by atoms with van der Waals surface area (Å²) in [5.74, 6) is 0.768. The fourth-order valence-electron chi connectivity index (χ4n) is 3.01. The maximum absolute atomic E-state index is 10.9. The Bertz CT molecular complexity index is 571. The molecule has 1 saturated heterocycles. The molecule has 2 unspecified atom stereocenters. The number of likely N-dealkylation sites (tertiary alicyclic amines) is 1. The fraction of sp³-hybridized carbons (Fsp3) is 0.429. The number of carbonyl (C=O) groups is 1. The van der Waals surface area contributed by atoms with Crippen LogP contribution in [0.25, 0.3) is 5.57 Å². The Morgan fingerprint density at radius 1 is 1.53 bits per heavy atom. The largest absolute Gasteiger partial charge is 0.465 e. The molecular formula is C14H15ClN2O2. The second-order valence-electron chi connectivity index (χ2n) is 5.34. The number of allylic oxidation sites excluding steroid dienone is 1. The van der Waals surface area contributed by atoms with Crippen LogP contribution in [0, 0.1) is 18.8 Å². The summed E-state index contributed by atoms with van der Waals surface area (Å²) in [6.45, 7) is 3.20. The molecule has 1 aliphatic carbocycles. The van der Waals surface area contributed by atoms with E-state index in [4.69, 9.17) is 16.7 Å². The minimum atomic E-state index is -0.812. The lowest BCUT2D eigenvalue weighted by molar-refractivity contribution is 0.153. The van der Waals surface area contributed by atoms with E-state index in [1.165, 1.54) is 10.5 Å². The average molecular weight is 279 g/mol. The van der Waals surface area contributed by atoms with Crippen LogP contribution in [-0.2, 0) is 0 Å². The molecule has 1 amide bonds. The van der Waals surface area contributed by atoms with Crippen molar-refractivity contribution in [2.75, 3.05) is 13.1 Å². The second-order valence-corrected chi connectivity index (χ2v) is 5.70. The topological polar surface area (TPSA) is 53.4 Å². The first-order chi connectivity index (χ1) is 9.04. The van der Waals surface area contributed by atoms with Crippen LogP contribution in [0.1, 0.15) is 17.5 Å². The zero-order valence-corrected chi connectivity index (χ0v) is 11.4. The van der Waals surface area contributed by atoms with Gasteiger partial charge in [0.15, 0.2) is 0 Å². The van der Waals surface area contributed by atoms with Crippen molar-refractivity contribution in [3.63, 3.8) is 0 Å². The molecule has 0 saturated carbocycles. The van der Waals surface area contributed by atoms with E-state index in [1.807, 2.05) is 6.92 Å². The molecule has 3 rings (SSSR count). The van der Waals surface area contributed by atoms with E-state index in [9.17, 15) is 4.79 Å². The van der Waals surface area contributed by atoms with Gasteiger partial charge in [-0.25, -0.2) is 9.78 Å². The van der Waals surface area contributed by atoms with Crippen LogP contribution in [0.2, 0.25) is 5.15 Å². The number of fused-ring (bicyclic) bond motifs is 1. The van der Waals surface area contributed by atoms with Gasteiger partial charge in [-0.15, -0.1) is 0 Å². The molecule has 4 nitrogen and oxygen atoms in total. The number of pyridine rings is 1. The first kappa shape index (κ1) is 12.5. The smallest absolute Gasteiger partial charge is 0.407 e. The van der Waals surface area contributed by atoms with Gasteiger partial charge in [0.05, 0.1) is 0 Å². The van der Waals surface area contributed by atoms with E-state index in [-0.39, 0.29) is 0 Å². The molecule has 100 valence electrons. The number of aromatic nitrogens is 1. The Labute approximate surface area is 116 Å². The van der Waals surface area contributed by atoms with Gasteiger partial charge in [-0.3, -0.25) is 0 Å². The Kier molecular flexibility index (Phi) is 2.97. The van der Waals surface area contributed by atoms with Gasteiger partial charge in [-0.1, -0.05) is 17.7 Å². The van der Waals surface area contributed by atoms with Crippen molar-refractivity contribution in [2.24, 2.45) is 11.8 Å². The highest BCUT2D eigenvalue weighted by atomic mass is 35.5. The van der Waals surface area contributed by atoms with Crippen molar-refractivity contribution in [1.29, 1.82) is 0 Å². The average Bonchev–Trinajstić information content (AvgIpc) is 2.90. The summed E-state index contributed by atoms with van der Waals surface area (Å²) in [6.07, 6.45) is 4.13. The molecule has 0 spiro atoms. The molecule has 2 aliphatic rings. The Balaban J connectivity index is 1.80. The molecular weight excluding hydrogens is 264 g/mol. The predicted octanol–water partition coefficient (Wildman–Crippen LogP) is 3.06. The van der Waals surface area contributed by atoms with Gasteiger partial charge in [0.25, 0.3) is 0 Å². The van der Waals surface area contributed by atoms with Gasteiger partial charge in [0.1, 0.15) is 5.15 Å². The van der Waals surface area contributed by atoms with Crippen LogP contribution in [0.5, 0.6) is 0 Å². The summed E-state index contributed by atoms with van der Waals surface area (Å²) in [5, 5.41) is 9.54. The highest BCUT2D eigenvalue weighted by molar-refractivity contribution is 6.30. The number of carboxylic acid groups (broad SMARTS) is 1. The Morgan fingerprint density at radius 2 is 2.32 bits per heavy atom. The first-order valence-electron chi connectivity index (χ1n) is 6.35. The number of nitrogens with zero attached hydrogens (tertiary/aromatic N) is 2. The number of aryl methyl sites for hydroxylation is 1. The van der Waals surface area contributed by atoms with E-state index in [2.05, 4.69) is 17.1 Å². The molecule has 2 heterocycles. The third-order valence-electron chi connectivity index (χ3n) is 4.04. The quantitative estimate of drug-likeness (QED) is 0.803. The molecule has 0 bridgehead atoms. The standard InChI is InChI=1S/C14H15ClN2O2/c1-8-2-10(5-16-13(8)15)9-3-11-6-17(14(18)19)7-12(11)4-9/h2-3,5,11-12H,4,6-7H2,1H3,(H,18,19). The molecule has 1 aromatic heterocycles. The summed E-state index contributed by atoms with van der Waals surface area (Å²) in [6, 6.07) is 2.05. The molecule has 2 atom stereocenters. The number of amides is 1. The first-order valence-corrected chi connectivity index (χ1v) is 6.73. The summed E-state index contributed by atoms with van der Waals surface area (Å²) < 4.78 is 0. The van der Waals surface area contributed by atoms with E-state index in [0.717, 1.165) is 17.5 Å². The summed E-state index contributed by atoms with van der Waals surface area (Å²) >= 11 is 5.93. The lowest BCUT2D eigenvalue weighted by Gasteiger charge is -2.13. The molecule has 1 N–H and O–H groups in total. The highest BCUT2D eigenvalue weighted by Gasteiger charge is 2.38. The molecule has 0 radical (unpaired) electrons. The van der Waals surface area contributed by atoms with E-state index < -0.39 is 6.09 Å². The Morgan fingerprint density at radius 3 is 2.95 bits per heavy atom. The van der Waals surface area contributed by atoms with Crippen LogP contribution >= 0.6 is 11.6 Å². The summed E-state index contributed by atoms with van der Waals surface area (Å²) in [7, 11) is 0. The SMILES string of the molecule is Cc1cc(C2=CC3CN(C(=O)O)CC3C2)cnc1Cl. The lowest BCUT2D eigenvalue weighted by atomic mass is 9.98. The van der Waals surface area contributed by atoms with Crippen LogP contribution in [0.4, 0.5) is 4.79 Å². The van der Waals surface area contributed by atoms with Crippen LogP contribution in [0.3, 0.4) is 0 Å². The van der Waals surface area contributed by atoms with Crippen molar-refractivity contribution in [3.8, 4) is 0 Å². The Hall–Kier alpha value is -1.55. The minimum Gasteiger partial charge on any atom is -0.465 e. The monoisotopic (exact) mass is 278 g/mol. The number of hydrogen-bond acceptors (Lipinski definition) is 2. The molecule has 5 heteroatoms. The lowest BCUT2D eigenvalue weighted by Crippen LogP contribution is -2.27. The second kappa shape index (κ2) is 4.53. The van der Waals surface area contributed by atoms with Gasteiger partial charge in [-0.05, 0) is 47.9 Å². The normalized spacial score (nSPS) is 25.4. The maximum atomic E-state index is 10.9. The molecule has 1 fully saturated rings. The van der Waals surface area contributed by atoms with Gasteiger partial charge in [0, 0.05) is 19.3 Å². The van der Waals surface area contributed by atoms with Crippen LogP contribution in [-0.4, -0.2) is 34.2 Å². The zero-order chi connectivity index (χ0) is 13.6. The zero-order valence-electron chi connectivity index (χ0n) is 10.6. The highest BCUT2D eigenvalue weighted by Crippen LogP contribution is 2.41. The van der Waals surface area contributed by atoms with E-state index in [0.29, 0.717) is 30.1 Å². The van der Waals surface area contributed by atoms with Crippen molar-refractivity contribution < 1.29 is 9.90 Å². The van der Waals surface area contributed by atoms with Gasteiger partial charge in [-0.2, -0.15) is 0 Å². The van der Waals surface area contributed by atoms with Gasteiger partial charge >= 0.3 is 6.09 Å². The van der Waals surface area contributed by atoms with Gasteiger partial charge < -0.3 is 10.0 Å². The van der Waals surface area contributed by atoms with Crippen molar-refractivity contribution in [2.45, 2.75) is 13.3 Å². The fourth-order valence-corrected chi connectivity index (χ4v) is 3.12. The van der Waals surface area contributed by atoms with Crippen molar-refractivity contribution >= 4 is 23.3 Å². The number of hydrogen-bond donors (Lipinski definition) is 1. The maximum Gasteiger partial charge on any atom is 0.407 e. The van der Waals surface area contributed by atoms with Crippen LogP contribution < -0.4 is 0 Å². The summed E-state index contributed by atoms with van der Waals surface area (Å²) in [5.41, 5.74) is 3.36. The van der Waals surface area contributed by atoms with Gasteiger partial charge in [0.2, 0.25) is 0 Å². The number of halogens is 1. The van der Waals surface area contributed by atoms with Crippen molar-refractivity contribution in [1.82, 2.24) is 9.88 Å². The predicted molar refractivity (Wildman–Crippen MR) is 73.2 cm³/mol. The third-order valence-corrected chi connectivity index (χ3v) is 4.44.